The molecule has 10 heteroatoms. The van der Waals surface area contributed by atoms with Gasteiger partial charge in [0.1, 0.15) is 11.6 Å². The Morgan fingerprint density at radius 3 is 2.40 bits per heavy atom. The van der Waals surface area contributed by atoms with Gasteiger partial charge in [-0.15, -0.1) is 5.10 Å². The number of benzene rings is 2. The normalized spacial score (nSPS) is 16.6. The number of carbonyl (C=O) groups is 2. The van der Waals surface area contributed by atoms with E-state index in [-0.39, 0.29) is 42.0 Å². The Morgan fingerprint density at radius 2 is 1.84 bits per heavy atom. The third-order valence-electron chi connectivity index (χ3n) is 6.52. The van der Waals surface area contributed by atoms with Gasteiger partial charge in [-0.2, -0.15) is 5.10 Å². The molecule has 0 spiro atoms. The number of nitrogens with zero attached hydrogens (tertiary/aromatic N) is 2. The zero-order chi connectivity index (χ0) is 32.2. The molecule has 1 aliphatic rings. The first kappa shape index (κ1) is 36.8. The Morgan fingerprint density at radius 1 is 1.14 bits per heavy atom. The molecule has 2 atom stereocenters. The summed E-state index contributed by atoms with van der Waals surface area (Å²) in [4.78, 5) is 24.0. The maximum atomic E-state index is 13.9. The number of para-hydroxylation sites is 1. The third-order valence-corrected chi connectivity index (χ3v) is 6.52. The van der Waals surface area contributed by atoms with Crippen LogP contribution in [-0.4, -0.2) is 51.6 Å². The van der Waals surface area contributed by atoms with E-state index in [1.165, 1.54) is 18.2 Å². The Balaban J connectivity index is 0.000000785. The highest BCUT2D eigenvalue weighted by Crippen LogP contribution is 2.30. The molecule has 0 bridgehead atoms. The summed E-state index contributed by atoms with van der Waals surface area (Å²) in [5.74, 6) is -0.242. The molecule has 1 amide bonds. The largest absolute Gasteiger partial charge is 0.490 e. The van der Waals surface area contributed by atoms with Crippen molar-refractivity contribution in [1.82, 2.24) is 10.6 Å². The van der Waals surface area contributed by atoms with Crippen LogP contribution in [0.2, 0.25) is 0 Å². The van der Waals surface area contributed by atoms with Crippen molar-refractivity contribution in [2.75, 3.05) is 26.0 Å². The van der Waals surface area contributed by atoms with E-state index < -0.39 is 5.82 Å². The highest BCUT2D eigenvalue weighted by molar-refractivity contribution is 5.97. The highest BCUT2D eigenvalue weighted by Gasteiger charge is 2.29. The van der Waals surface area contributed by atoms with Crippen molar-refractivity contribution in [1.29, 1.82) is 0 Å². The molecule has 2 aromatic carbocycles. The van der Waals surface area contributed by atoms with Crippen LogP contribution >= 0.6 is 0 Å². The number of hydrogen-bond donors (Lipinski definition) is 3. The van der Waals surface area contributed by atoms with Gasteiger partial charge in [-0.25, -0.2) is 4.39 Å². The lowest BCUT2D eigenvalue weighted by Crippen LogP contribution is -2.36. The molecule has 1 fully saturated rings. The van der Waals surface area contributed by atoms with Gasteiger partial charge in [-0.1, -0.05) is 38.5 Å². The van der Waals surface area contributed by atoms with Crippen LogP contribution in [0, 0.1) is 17.7 Å². The molecule has 2 unspecified atom stereocenters. The van der Waals surface area contributed by atoms with E-state index in [9.17, 15) is 14.0 Å². The van der Waals surface area contributed by atoms with Crippen LogP contribution in [0.3, 0.4) is 0 Å². The van der Waals surface area contributed by atoms with Crippen molar-refractivity contribution in [3.8, 4) is 5.75 Å². The standard InChI is InChI=1S/C24H33FN4O4.C7H9N.C2H6/c1-15(2)33-22-10-9-19(25)12-20(22)24(29-27-5)32-14-17-7-6-8-18(11-17)23(31)28-21(13-30)16(3)26-4;1-8-7-5-3-2-4-6-7;1-2/h9-10,12-13,15,17-18,26H,5-8,11,14H2,1-4H3,(H,28,31);2-6,8H,1H3;1-2H3/b21-16+,29-24-;;. The average Bonchev–Trinajstić information content (AvgIpc) is 3.03. The fourth-order valence-electron chi connectivity index (χ4n) is 4.31. The Hall–Kier alpha value is -4.21. The minimum atomic E-state index is -0.452. The lowest BCUT2D eigenvalue weighted by Gasteiger charge is -2.28. The molecule has 3 rings (SSSR count). The molecule has 0 saturated heterocycles. The molecule has 9 nitrogen and oxygen atoms in total. The first-order valence-electron chi connectivity index (χ1n) is 14.7. The number of allylic oxidation sites excluding steroid dienone is 2. The second kappa shape index (κ2) is 20.6. The number of anilines is 1. The zero-order valence-corrected chi connectivity index (χ0v) is 26.6. The number of hydrogen-bond acceptors (Lipinski definition) is 8. The quantitative estimate of drug-likeness (QED) is 0.0919. The summed E-state index contributed by atoms with van der Waals surface area (Å²) < 4.78 is 25.6. The van der Waals surface area contributed by atoms with E-state index in [0.29, 0.717) is 29.7 Å². The number of nitrogens with one attached hydrogen (secondary N) is 3. The summed E-state index contributed by atoms with van der Waals surface area (Å²) >= 11 is 0. The molecule has 0 heterocycles. The van der Waals surface area contributed by atoms with Crippen molar-refractivity contribution < 1.29 is 23.5 Å². The average molecular weight is 598 g/mol. The topological polar surface area (TPSA) is 113 Å². The first-order valence-corrected chi connectivity index (χ1v) is 14.7. The maximum Gasteiger partial charge on any atom is 0.244 e. The van der Waals surface area contributed by atoms with Crippen molar-refractivity contribution in [3.63, 3.8) is 0 Å². The number of halogens is 1. The smallest absolute Gasteiger partial charge is 0.244 e. The number of rotatable bonds is 11. The first-order chi connectivity index (χ1) is 20.7. The van der Waals surface area contributed by atoms with Crippen LogP contribution in [-0.2, 0) is 14.3 Å². The van der Waals surface area contributed by atoms with E-state index in [4.69, 9.17) is 9.47 Å². The lowest BCUT2D eigenvalue weighted by atomic mass is 9.81. The highest BCUT2D eigenvalue weighted by atomic mass is 19.1. The maximum absolute atomic E-state index is 13.9. The lowest BCUT2D eigenvalue weighted by molar-refractivity contribution is -0.126. The van der Waals surface area contributed by atoms with Gasteiger partial charge in [0.05, 0.1) is 24.0 Å². The summed E-state index contributed by atoms with van der Waals surface area (Å²) in [5, 5.41) is 16.1. The van der Waals surface area contributed by atoms with E-state index >= 15 is 0 Å². The minimum absolute atomic E-state index is 0.0848. The van der Waals surface area contributed by atoms with Crippen LogP contribution in [0.1, 0.15) is 65.9 Å². The van der Waals surface area contributed by atoms with Gasteiger partial charge in [-0.3, -0.25) is 9.59 Å². The van der Waals surface area contributed by atoms with E-state index in [1.807, 2.05) is 65.1 Å². The predicted molar refractivity (Wildman–Crippen MR) is 173 cm³/mol. The molecular weight excluding hydrogens is 549 g/mol. The molecule has 1 aliphatic carbocycles. The molecule has 3 N–H and O–H groups in total. The Bertz CT molecular complexity index is 1200. The SMILES string of the molecule is C=N/N=C(\OCC1CCCC(C(=O)N/C(C=O)=C(\C)NC)C1)c1cc(F)ccc1OC(C)C.CC.CNc1ccccc1. The van der Waals surface area contributed by atoms with Gasteiger partial charge in [0.2, 0.25) is 11.8 Å². The van der Waals surface area contributed by atoms with Crippen molar-refractivity contribution >= 4 is 30.5 Å². The van der Waals surface area contributed by atoms with Crippen LogP contribution < -0.4 is 20.7 Å². The van der Waals surface area contributed by atoms with E-state index in [2.05, 4.69) is 32.9 Å². The van der Waals surface area contributed by atoms with Crippen LogP contribution in [0.4, 0.5) is 10.1 Å². The third kappa shape index (κ3) is 13.1. The summed E-state index contributed by atoms with van der Waals surface area (Å²) in [6.07, 6.45) is 3.58. The molecule has 0 aromatic heterocycles. The Labute approximate surface area is 256 Å². The molecule has 236 valence electrons. The molecule has 0 aliphatic heterocycles. The summed E-state index contributed by atoms with van der Waals surface area (Å²) in [5.41, 5.74) is 2.34. The van der Waals surface area contributed by atoms with E-state index in [1.54, 1.807) is 14.0 Å². The summed E-state index contributed by atoms with van der Waals surface area (Å²) in [6, 6.07) is 14.2. The molecular formula is C33H48FN5O4. The fourth-order valence-corrected chi connectivity index (χ4v) is 4.31. The Kier molecular flexibility index (Phi) is 17.7. The van der Waals surface area contributed by atoms with E-state index in [0.717, 1.165) is 24.9 Å². The molecule has 1 saturated carbocycles. The second-order valence-electron chi connectivity index (χ2n) is 9.91. The van der Waals surface area contributed by atoms with Gasteiger partial charge < -0.3 is 25.4 Å². The fraction of sp³-hybridized carbons (Fsp3) is 0.455. The van der Waals surface area contributed by atoms with Crippen molar-refractivity contribution in [3.05, 3.63) is 71.3 Å². The molecule has 2 aromatic rings. The van der Waals surface area contributed by atoms with Crippen molar-refractivity contribution in [2.24, 2.45) is 22.0 Å². The zero-order valence-electron chi connectivity index (χ0n) is 26.6. The van der Waals surface area contributed by atoms with Crippen molar-refractivity contribution in [2.45, 2.75) is 66.4 Å². The van der Waals surface area contributed by atoms with Gasteiger partial charge in [0, 0.05) is 38.1 Å². The molecule has 0 radical (unpaired) electrons. The number of carbonyl (C=O) groups excluding carboxylic acids is 2. The number of amides is 1. The van der Waals surface area contributed by atoms with Gasteiger partial charge in [-0.05, 0) is 76.3 Å². The van der Waals surface area contributed by atoms with Crippen LogP contribution in [0.15, 0.2) is 70.1 Å². The summed E-state index contributed by atoms with van der Waals surface area (Å²) in [7, 11) is 3.60. The van der Waals surface area contributed by atoms with Crippen LogP contribution in [0.5, 0.6) is 5.75 Å². The predicted octanol–water partition coefficient (Wildman–Crippen LogP) is 6.32. The van der Waals surface area contributed by atoms with Gasteiger partial charge >= 0.3 is 0 Å². The minimum Gasteiger partial charge on any atom is -0.490 e. The summed E-state index contributed by atoms with van der Waals surface area (Å²) in [6.45, 7) is 13.1. The van der Waals surface area contributed by atoms with Gasteiger partial charge in [0.15, 0.2) is 6.29 Å². The molecule has 43 heavy (non-hydrogen) atoms. The number of aldehydes is 1. The monoisotopic (exact) mass is 597 g/mol. The second-order valence-corrected chi connectivity index (χ2v) is 9.91. The van der Waals surface area contributed by atoms with Crippen LogP contribution in [0.25, 0.3) is 0 Å². The number of ether oxygens (including phenoxy) is 2. The van der Waals surface area contributed by atoms with Gasteiger partial charge in [0.25, 0.3) is 0 Å².